The summed E-state index contributed by atoms with van der Waals surface area (Å²) < 4.78 is 0. The highest BCUT2D eigenvalue weighted by Gasteiger charge is 2.43. The highest BCUT2D eigenvalue weighted by molar-refractivity contribution is 6.64. The molecule has 0 N–H and O–H groups in total. The summed E-state index contributed by atoms with van der Waals surface area (Å²) in [5.41, 5.74) is 2.02. The Morgan fingerprint density at radius 3 is 2.09 bits per heavy atom. The lowest BCUT2D eigenvalue weighted by Gasteiger charge is -2.12. The van der Waals surface area contributed by atoms with Crippen molar-refractivity contribution in [3.05, 3.63) is 71.3 Å². The summed E-state index contributed by atoms with van der Waals surface area (Å²) in [6.45, 7) is 1.91. The summed E-state index contributed by atoms with van der Waals surface area (Å²) >= 11 is 0. The molecule has 3 rings (SSSR count). The molecular weight excluding hydrogens is 278 g/mol. The second kappa shape index (κ2) is 5.41. The van der Waals surface area contributed by atoms with E-state index in [0.29, 0.717) is 11.3 Å². The number of aryl methyl sites for hydroxylation is 1. The van der Waals surface area contributed by atoms with Gasteiger partial charge in [0, 0.05) is 0 Å². The molecule has 2 amide bonds. The molecule has 4 nitrogen and oxygen atoms in total. The number of hydrogen-bond donors (Lipinski definition) is 0. The van der Waals surface area contributed by atoms with Crippen LogP contribution in [0, 0.1) is 6.92 Å². The van der Waals surface area contributed by atoms with Crippen molar-refractivity contribution >= 4 is 29.4 Å². The Kier molecular flexibility index (Phi) is 3.43. The maximum atomic E-state index is 12.4. The zero-order valence-electron chi connectivity index (χ0n) is 11.9. The van der Waals surface area contributed by atoms with Crippen molar-refractivity contribution in [2.45, 2.75) is 6.92 Å². The van der Waals surface area contributed by atoms with Gasteiger partial charge in [-0.05, 0) is 30.7 Å². The highest BCUT2D eigenvalue weighted by Crippen LogP contribution is 2.25. The van der Waals surface area contributed by atoms with Crippen LogP contribution in [-0.2, 0) is 14.4 Å². The van der Waals surface area contributed by atoms with Gasteiger partial charge in [-0.3, -0.25) is 14.4 Å². The van der Waals surface area contributed by atoms with Gasteiger partial charge < -0.3 is 0 Å². The molecule has 1 aliphatic heterocycles. The first-order valence-electron chi connectivity index (χ1n) is 6.84. The summed E-state index contributed by atoms with van der Waals surface area (Å²) in [6, 6.07) is 15.9. The molecule has 0 bridgehead atoms. The van der Waals surface area contributed by atoms with Crippen molar-refractivity contribution in [3.8, 4) is 0 Å². The molecule has 1 aliphatic rings. The first-order valence-corrected chi connectivity index (χ1v) is 6.84. The molecule has 0 aliphatic carbocycles. The van der Waals surface area contributed by atoms with Gasteiger partial charge in [-0.15, -0.1) is 0 Å². The lowest BCUT2D eigenvalue weighted by molar-refractivity contribution is -0.132. The number of anilines is 1. The van der Waals surface area contributed by atoms with E-state index in [0.717, 1.165) is 10.5 Å². The Balaban J connectivity index is 2.01. The molecule has 1 saturated heterocycles. The van der Waals surface area contributed by atoms with Crippen molar-refractivity contribution in [1.29, 1.82) is 0 Å². The van der Waals surface area contributed by atoms with Crippen molar-refractivity contribution in [1.82, 2.24) is 0 Å². The number of carbonyl (C=O) groups excluding carboxylic acids is 3. The third-order valence-corrected chi connectivity index (χ3v) is 3.48. The first-order chi connectivity index (χ1) is 10.6. The topological polar surface area (TPSA) is 54.5 Å². The fourth-order valence-electron chi connectivity index (χ4n) is 2.30. The summed E-state index contributed by atoms with van der Waals surface area (Å²) in [6.07, 6.45) is 1.46. The Bertz CT molecular complexity index is 789. The number of rotatable bonds is 2. The van der Waals surface area contributed by atoms with Crippen LogP contribution in [0.2, 0.25) is 0 Å². The van der Waals surface area contributed by atoms with Crippen LogP contribution in [0.1, 0.15) is 11.1 Å². The maximum absolute atomic E-state index is 12.4. The van der Waals surface area contributed by atoms with Crippen LogP contribution in [0.3, 0.4) is 0 Å². The minimum absolute atomic E-state index is 0.100. The Labute approximate surface area is 127 Å². The molecule has 0 unspecified atom stereocenters. The van der Waals surface area contributed by atoms with Crippen molar-refractivity contribution in [3.63, 3.8) is 0 Å². The van der Waals surface area contributed by atoms with Crippen molar-refractivity contribution in [2.75, 3.05) is 4.90 Å². The van der Waals surface area contributed by atoms with Gasteiger partial charge in [0.1, 0.15) is 0 Å². The molecule has 108 valence electrons. The smallest absolute Gasteiger partial charge is 0.283 e. The SMILES string of the molecule is Cc1ccc(N2C(=O)C(=O)C(=Cc3ccccc3)C2=O)cc1. The molecule has 0 saturated carbocycles. The van der Waals surface area contributed by atoms with Crippen LogP contribution < -0.4 is 4.90 Å². The van der Waals surface area contributed by atoms with E-state index < -0.39 is 17.6 Å². The second-order valence-electron chi connectivity index (χ2n) is 5.08. The van der Waals surface area contributed by atoms with E-state index in [2.05, 4.69) is 0 Å². The molecule has 0 atom stereocenters. The zero-order valence-corrected chi connectivity index (χ0v) is 11.9. The van der Waals surface area contributed by atoms with Crippen molar-refractivity contribution < 1.29 is 14.4 Å². The minimum atomic E-state index is -0.809. The minimum Gasteiger partial charge on any atom is -0.283 e. The summed E-state index contributed by atoms with van der Waals surface area (Å²) in [5, 5.41) is 0. The van der Waals surface area contributed by atoms with Gasteiger partial charge in [0.25, 0.3) is 11.7 Å². The lowest BCUT2D eigenvalue weighted by atomic mass is 10.1. The molecule has 2 aromatic carbocycles. The number of nitrogens with zero attached hydrogens (tertiary/aromatic N) is 1. The van der Waals surface area contributed by atoms with E-state index in [9.17, 15) is 14.4 Å². The fourth-order valence-corrected chi connectivity index (χ4v) is 2.30. The van der Waals surface area contributed by atoms with Crippen LogP contribution in [0.4, 0.5) is 5.69 Å². The zero-order chi connectivity index (χ0) is 15.7. The average Bonchev–Trinajstić information content (AvgIpc) is 2.73. The normalized spacial score (nSPS) is 16.7. The number of hydrogen-bond acceptors (Lipinski definition) is 3. The molecule has 4 heteroatoms. The van der Waals surface area contributed by atoms with Crippen LogP contribution in [0.25, 0.3) is 6.08 Å². The fraction of sp³-hybridized carbons (Fsp3) is 0.0556. The van der Waals surface area contributed by atoms with Gasteiger partial charge in [0.15, 0.2) is 0 Å². The van der Waals surface area contributed by atoms with Crippen LogP contribution in [0.5, 0.6) is 0 Å². The maximum Gasteiger partial charge on any atom is 0.306 e. The third kappa shape index (κ3) is 2.35. The van der Waals surface area contributed by atoms with Crippen LogP contribution >= 0.6 is 0 Å². The molecule has 1 heterocycles. The molecule has 2 aromatic rings. The number of benzene rings is 2. The standard InChI is InChI=1S/C18H13NO3/c1-12-7-9-14(10-8-12)19-17(21)15(16(20)18(19)22)11-13-5-3-2-4-6-13/h2-11H,1H3. The number of imide groups is 1. The molecule has 0 radical (unpaired) electrons. The van der Waals surface area contributed by atoms with E-state index in [1.165, 1.54) is 6.08 Å². The van der Waals surface area contributed by atoms with Gasteiger partial charge in [-0.1, -0.05) is 48.0 Å². The lowest BCUT2D eigenvalue weighted by Crippen LogP contribution is -2.30. The predicted octanol–water partition coefficient (Wildman–Crippen LogP) is 2.52. The van der Waals surface area contributed by atoms with E-state index in [1.54, 1.807) is 48.5 Å². The van der Waals surface area contributed by atoms with Gasteiger partial charge >= 0.3 is 5.91 Å². The Morgan fingerprint density at radius 1 is 0.818 bits per heavy atom. The van der Waals surface area contributed by atoms with E-state index in [1.807, 2.05) is 13.0 Å². The van der Waals surface area contributed by atoms with E-state index in [-0.39, 0.29) is 5.57 Å². The number of carbonyl (C=O) groups is 3. The molecule has 0 aromatic heterocycles. The summed E-state index contributed by atoms with van der Waals surface area (Å²) in [5.74, 6) is -2.16. The monoisotopic (exact) mass is 291 g/mol. The Morgan fingerprint density at radius 2 is 1.45 bits per heavy atom. The van der Waals surface area contributed by atoms with Gasteiger partial charge in [0.2, 0.25) is 0 Å². The van der Waals surface area contributed by atoms with Gasteiger partial charge in [-0.25, -0.2) is 4.90 Å². The van der Waals surface area contributed by atoms with E-state index in [4.69, 9.17) is 0 Å². The Hall–Kier alpha value is -3.01. The van der Waals surface area contributed by atoms with Gasteiger partial charge in [0.05, 0.1) is 11.3 Å². The molecule has 0 spiro atoms. The quantitative estimate of drug-likeness (QED) is 0.370. The van der Waals surface area contributed by atoms with Crippen LogP contribution in [0.15, 0.2) is 60.2 Å². The number of Topliss-reactive ketones (excluding diaryl/α,β-unsaturated/α-hetero) is 1. The van der Waals surface area contributed by atoms with Gasteiger partial charge in [-0.2, -0.15) is 0 Å². The predicted molar refractivity (Wildman–Crippen MR) is 83.1 cm³/mol. The van der Waals surface area contributed by atoms with E-state index >= 15 is 0 Å². The largest absolute Gasteiger partial charge is 0.306 e. The molecule has 1 fully saturated rings. The molecule has 22 heavy (non-hydrogen) atoms. The average molecular weight is 291 g/mol. The number of ketones is 1. The summed E-state index contributed by atoms with van der Waals surface area (Å²) in [7, 11) is 0. The highest BCUT2D eigenvalue weighted by atomic mass is 16.2. The molecular formula is C18H13NO3. The third-order valence-electron chi connectivity index (χ3n) is 3.48. The first kappa shape index (κ1) is 13.9. The number of amides is 2. The summed E-state index contributed by atoms with van der Waals surface area (Å²) in [4.78, 5) is 37.6. The van der Waals surface area contributed by atoms with Crippen LogP contribution in [-0.4, -0.2) is 17.6 Å². The van der Waals surface area contributed by atoms with Crippen molar-refractivity contribution in [2.24, 2.45) is 0 Å². The second-order valence-corrected chi connectivity index (χ2v) is 5.08.